The maximum atomic E-state index is 8.65. The summed E-state index contributed by atoms with van der Waals surface area (Å²) in [5.41, 5.74) is 11.7. The van der Waals surface area contributed by atoms with Crippen molar-refractivity contribution < 1.29 is 30.5 Å². The van der Waals surface area contributed by atoms with Crippen molar-refractivity contribution >= 4 is 165 Å². The van der Waals surface area contributed by atoms with Crippen LogP contribution in [0, 0.1) is 0 Å². The van der Waals surface area contributed by atoms with Gasteiger partial charge in [-0.1, -0.05) is 557 Å². The molecule has 0 fully saturated rings. The average Bonchev–Trinajstić information content (AvgIpc) is 0.778. The number of benzene rings is 20. The fourth-order valence-electron chi connectivity index (χ4n) is 15.6. The van der Waals surface area contributed by atoms with Crippen LogP contribution in [-0.2, 0) is 20.4 Å². The Labute approximate surface area is 849 Å². The molecule has 0 spiro atoms. The van der Waals surface area contributed by atoms with Crippen molar-refractivity contribution in [2.24, 2.45) is 0 Å². The first-order valence-electron chi connectivity index (χ1n) is 45.3. The molecule has 22 aromatic rings. The van der Waals surface area contributed by atoms with E-state index in [0.717, 1.165) is 49.9 Å². The molecule has 2 heterocycles. The SMILES string of the molecule is Clc1cccc(-c2nc(-c3ccc(-c4ccccc4)cc3)c3ccccc3n2)c1.Clc1nc(-c2ccc(-c3ccccc3)cc2)c2ccccc2n1.OB(O)c1cccc(Cl)c1.[Pd].c1ccc(P(c2ccccc2)c2ccccc2)cc1.c1ccc(P(c2ccccc2)c2ccccc2)cc1.c1ccc(P(c2ccccc2)c2ccccc2)cc1.c1ccc(P(c2ccccc2)c2ccccc2)cc1. The summed E-state index contributed by atoms with van der Waals surface area (Å²) in [5, 5.41) is 37.6. The van der Waals surface area contributed by atoms with Crippen LogP contribution in [0.1, 0.15) is 0 Å². The van der Waals surface area contributed by atoms with E-state index in [1.54, 1.807) is 18.2 Å². The zero-order chi connectivity index (χ0) is 94.5. The summed E-state index contributed by atoms with van der Waals surface area (Å²) in [6.45, 7) is 0. The van der Waals surface area contributed by atoms with E-state index in [0.29, 0.717) is 21.3 Å². The van der Waals surface area contributed by atoms with Gasteiger partial charge in [0.25, 0.3) is 0 Å². The van der Waals surface area contributed by atoms with Gasteiger partial charge in [0.05, 0.1) is 22.4 Å². The van der Waals surface area contributed by atoms with Crippen LogP contribution in [0.25, 0.3) is 78.0 Å². The Kier molecular flexibility index (Phi) is 37.9. The molecule has 0 aliphatic rings. The topological polar surface area (TPSA) is 92.0 Å². The predicted molar refractivity (Wildman–Crippen MR) is 598 cm³/mol. The van der Waals surface area contributed by atoms with E-state index in [1.165, 1.54) is 92.0 Å². The third-order valence-corrected chi connectivity index (χ3v) is 32.5. The van der Waals surface area contributed by atoms with Gasteiger partial charge >= 0.3 is 7.12 Å². The Balaban J connectivity index is 0.000000124. The second-order valence-corrected chi connectivity index (χ2v) is 41.6. The summed E-state index contributed by atoms with van der Waals surface area (Å²) in [4.78, 5) is 18.4. The molecule has 0 aliphatic heterocycles. The fraction of sp³-hybridized carbons (Fsp3) is 0. The molecule has 0 atom stereocenters. The molecular formula is C124H96BCl3N4O2P4Pd. The molecule has 20 aromatic carbocycles. The largest absolute Gasteiger partial charge is 0.488 e. The number of rotatable bonds is 18. The number of nitrogens with zero attached hydrogens (tertiary/aromatic N) is 4. The third kappa shape index (κ3) is 28.3. The maximum absolute atomic E-state index is 8.65. The van der Waals surface area contributed by atoms with Gasteiger partial charge in [-0.25, -0.2) is 19.9 Å². The minimum atomic E-state index is -1.43. The van der Waals surface area contributed by atoms with E-state index in [1.807, 2.05) is 91.0 Å². The van der Waals surface area contributed by atoms with Gasteiger partial charge in [0.15, 0.2) is 5.82 Å². The van der Waals surface area contributed by atoms with Crippen molar-refractivity contribution in [3.63, 3.8) is 0 Å². The Morgan fingerprint density at radius 3 is 0.640 bits per heavy atom. The number of para-hydroxylation sites is 2. The number of hydrogen-bond acceptors (Lipinski definition) is 6. The summed E-state index contributed by atoms with van der Waals surface area (Å²) in [6, 6.07) is 197. The number of fused-ring (bicyclic) bond motifs is 2. The number of aromatic nitrogens is 4. The van der Waals surface area contributed by atoms with E-state index in [-0.39, 0.29) is 25.7 Å². The van der Waals surface area contributed by atoms with Gasteiger partial charge in [-0.05, 0) is 171 Å². The van der Waals surface area contributed by atoms with Gasteiger partial charge in [0.1, 0.15) is 0 Å². The van der Waals surface area contributed by atoms with E-state index >= 15 is 0 Å². The van der Waals surface area contributed by atoms with Crippen LogP contribution in [0.2, 0.25) is 15.3 Å². The predicted octanol–water partition coefficient (Wildman–Crippen LogP) is 26.7. The first kappa shape index (κ1) is 99.8. The summed E-state index contributed by atoms with van der Waals surface area (Å²) < 4.78 is 0. The van der Waals surface area contributed by atoms with Gasteiger partial charge < -0.3 is 10.0 Å². The molecule has 6 nitrogen and oxygen atoms in total. The van der Waals surface area contributed by atoms with E-state index in [9.17, 15) is 0 Å². The van der Waals surface area contributed by atoms with Crippen LogP contribution in [0.3, 0.4) is 0 Å². The molecule has 2 N–H and O–H groups in total. The minimum Gasteiger partial charge on any atom is -0.423 e. The molecule has 0 saturated heterocycles. The molecule has 0 saturated carbocycles. The fourth-order valence-corrected chi connectivity index (χ4v) is 25.4. The third-order valence-electron chi connectivity index (χ3n) is 22.1. The Morgan fingerprint density at radius 2 is 0.388 bits per heavy atom. The Hall–Kier alpha value is -13.7. The van der Waals surface area contributed by atoms with Gasteiger partial charge in [0.2, 0.25) is 5.28 Å². The first-order chi connectivity index (χ1) is 68.1. The van der Waals surface area contributed by atoms with Crippen molar-refractivity contribution in [1.29, 1.82) is 0 Å². The van der Waals surface area contributed by atoms with Crippen LogP contribution >= 0.6 is 66.5 Å². The smallest absolute Gasteiger partial charge is 0.423 e. The number of halogens is 3. The molecule has 0 amide bonds. The summed E-state index contributed by atoms with van der Waals surface area (Å²) in [7, 11) is -3.22. The Bertz CT molecular complexity index is 6570. The summed E-state index contributed by atoms with van der Waals surface area (Å²) in [5.74, 6) is 0.674. The van der Waals surface area contributed by atoms with E-state index in [4.69, 9.17) is 54.8 Å². The molecule has 0 unspecified atom stereocenters. The molecular weight excluding hydrogens is 1920 g/mol. The van der Waals surface area contributed by atoms with Gasteiger partial charge in [-0.3, -0.25) is 0 Å². The van der Waals surface area contributed by atoms with E-state index < -0.39 is 38.8 Å². The van der Waals surface area contributed by atoms with Crippen molar-refractivity contribution in [2.45, 2.75) is 0 Å². The quantitative estimate of drug-likeness (QED) is 0.0505. The second-order valence-electron chi connectivity index (χ2n) is 31.5. The average molecular weight is 2020 g/mol. The van der Waals surface area contributed by atoms with Crippen LogP contribution in [0.15, 0.2) is 570 Å². The molecule has 2 aromatic heterocycles. The normalized spacial score (nSPS) is 10.5. The summed E-state index contributed by atoms with van der Waals surface area (Å²) in [6.07, 6.45) is 0. The molecule has 22 rings (SSSR count). The monoisotopic (exact) mass is 2020 g/mol. The minimum absolute atomic E-state index is 0. The molecule has 678 valence electrons. The molecule has 15 heteroatoms. The van der Waals surface area contributed by atoms with Crippen LogP contribution in [0.4, 0.5) is 0 Å². The van der Waals surface area contributed by atoms with E-state index in [2.05, 4.69) is 465 Å². The maximum Gasteiger partial charge on any atom is 0.488 e. The van der Waals surface area contributed by atoms with Crippen molar-refractivity contribution in [3.8, 4) is 56.2 Å². The van der Waals surface area contributed by atoms with Crippen LogP contribution < -0.4 is 69.1 Å². The van der Waals surface area contributed by atoms with Crippen LogP contribution in [-0.4, -0.2) is 37.1 Å². The standard InChI is InChI=1S/C26H17ClN2.C20H13ClN2.4C18H15P.C6H6BClO2.Pd/c27-22-10-6-9-21(17-22)26-28-24-12-5-4-11-23(24)25(29-26)20-15-13-19(14-16-20)18-7-2-1-3-8-18;21-20-22-18-9-5-4-8-17(18)19(23-20)16-12-10-15(11-13-16)14-6-2-1-3-7-14;4*1-4-10-16(11-5-1)19(17-12-6-2-7-13-17)18-14-8-3-9-15-18;8-6-3-1-2-5(4-6)7(9)10;/h1-17H;1-13H;4*1-15H;1-4,9-10H;. The zero-order valence-electron chi connectivity index (χ0n) is 75.8. The van der Waals surface area contributed by atoms with Gasteiger partial charge in [-0.15, -0.1) is 0 Å². The Morgan fingerprint density at radius 1 is 0.180 bits per heavy atom. The molecule has 0 bridgehead atoms. The molecule has 0 radical (unpaired) electrons. The number of hydrogen-bond donors (Lipinski definition) is 2. The molecule has 139 heavy (non-hydrogen) atoms. The van der Waals surface area contributed by atoms with Crippen LogP contribution in [0.5, 0.6) is 0 Å². The molecule has 0 aliphatic carbocycles. The van der Waals surface area contributed by atoms with Gasteiger partial charge in [-0.2, -0.15) is 0 Å². The van der Waals surface area contributed by atoms with Gasteiger partial charge in [0, 0.05) is 57.9 Å². The summed E-state index contributed by atoms with van der Waals surface area (Å²) >= 11 is 17.8. The van der Waals surface area contributed by atoms with Crippen molar-refractivity contribution in [3.05, 3.63) is 586 Å². The first-order valence-corrected chi connectivity index (χ1v) is 51.8. The zero-order valence-corrected chi connectivity index (χ0v) is 83.2. The van der Waals surface area contributed by atoms with Crippen molar-refractivity contribution in [2.75, 3.05) is 0 Å². The second kappa shape index (κ2) is 52.7. The van der Waals surface area contributed by atoms with Crippen molar-refractivity contribution in [1.82, 2.24) is 19.9 Å².